The van der Waals surface area contributed by atoms with Gasteiger partial charge in [0.1, 0.15) is 5.52 Å². The zero-order valence-corrected chi connectivity index (χ0v) is 14.9. The third-order valence-corrected chi connectivity index (χ3v) is 5.44. The zero-order chi connectivity index (χ0) is 18.3. The molecule has 0 aliphatic heterocycles. The van der Waals surface area contributed by atoms with Crippen LogP contribution < -0.4 is 5.56 Å². The molecule has 1 aliphatic carbocycles. The quantitative estimate of drug-likeness (QED) is 0.710. The van der Waals surface area contributed by atoms with Gasteiger partial charge in [-0.3, -0.25) is 9.78 Å². The number of aromatic amines is 1. The molecule has 1 aliphatic rings. The van der Waals surface area contributed by atoms with Gasteiger partial charge in [-0.2, -0.15) is 4.39 Å². The number of aryl methyl sites for hydroxylation is 2. The average Bonchev–Trinajstić information content (AvgIpc) is 2.61. The van der Waals surface area contributed by atoms with Crippen LogP contribution in [0.4, 0.5) is 4.39 Å². The normalized spacial score (nSPS) is 20.4. The van der Waals surface area contributed by atoms with Crippen LogP contribution in [-0.2, 0) is 0 Å². The Bertz CT molecular complexity index is 1000. The molecule has 0 atom stereocenters. The summed E-state index contributed by atoms with van der Waals surface area (Å²) in [6.45, 7) is 3.78. The predicted molar refractivity (Wildman–Crippen MR) is 97.8 cm³/mol. The van der Waals surface area contributed by atoms with Gasteiger partial charge in [-0.1, -0.05) is 0 Å². The molecule has 0 unspecified atom stereocenters. The number of H-pyrrole nitrogens is 1. The number of hydrogen-bond acceptors (Lipinski definition) is 4. The highest BCUT2D eigenvalue weighted by Crippen LogP contribution is 2.41. The van der Waals surface area contributed by atoms with Crippen molar-refractivity contribution in [2.45, 2.75) is 51.4 Å². The Morgan fingerprint density at radius 3 is 2.58 bits per heavy atom. The summed E-state index contributed by atoms with van der Waals surface area (Å²) in [4.78, 5) is 27.9. The molecular weight excluding hydrogens is 331 g/mol. The summed E-state index contributed by atoms with van der Waals surface area (Å²) in [6.07, 6.45) is 6.63. The minimum absolute atomic E-state index is 0.0930. The summed E-state index contributed by atoms with van der Waals surface area (Å²) in [5.74, 6) is -0.0212. The molecule has 3 aromatic heterocycles. The minimum atomic E-state index is -0.359. The van der Waals surface area contributed by atoms with Gasteiger partial charge in [0.15, 0.2) is 5.65 Å². The van der Waals surface area contributed by atoms with Gasteiger partial charge in [-0.25, -0.2) is 9.97 Å². The van der Waals surface area contributed by atoms with E-state index in [1.807, 2.05) is 26.0 Å². The van der Waals surface area contributed by atoms with Crippen molar-refractivity contribution in [3.63, 3.8) is 0 Å². The Labute approximate surface area is 150 Å². The molecule has 1 N–H and O–H groups in total. The van der Waals surface area contributed by atoms with E-state index in [2.05, 4.69) is 19.9 Å². The number of hydrogen-bond donors (Lipinski definition) is 1. The van der Waals surface area contributed by atoms with Crippen LogP contribution in [0.5, 0.6) is 0 Å². The molecule has 1 saturated carbocycles. The predicted octanol–water partition coefficient (Wildman–Crippen LogP) is 3.91. The van der Waals surface area contributed by atoms with E-state index in [1.165, 1.54) is 6.20 Å². The molecule has 0 aromatic carbocycles. The summed E-state index contributed by atoms with van der Waals surface area (Å²) in [5, 5.41) is 0. The van der Waals surface area contributed by atoms with Gasteiger partial charge < -0.3 is 4.98 Å². The molecule has 5 nitrogen and oxygen atoms in total. The van der Waals surface area contributed by atoms with Gasteiger partial charge in [0.25, 0.3) is 5.56 Å². The molecule has 6 heteroatoms. The van der Waals surface area contributed by atoms with E-state index >= 15 is 0 Å². The lowest BCUT2D eigenvalue weighted by Gasteiger charge is -2.29. The number of aromatic nitrogens is 4. The monoisotopic (exact) mass is 352 g/mol. The van der Waals surface area contributed by atoms with Crippen LogP contribution in [-0.4, -0.2) is 19.9 Å². The second kappa shape index (κ2) is 6.59. The smallest absolute Gasteiger partial charge is 0.253 e. The SMILES string of the molecule is Cc1cnc2cc(C3CCC(c4c(C)ccnc4F)CC3)c(=O)[nH]c2n1. The lowest BCUT2D eigenvalue weighted by atomic mass is 9.76. The van der Waals surface area contributed by atoms with Crippen LogP contribution in [0.2, 0.25) is 0 Å². The van der Waals surface area contributed by atoms with Crippen LogP contribution in [0.25, 0.3) is 11.2 Å². The van der Waals surface area contributed by atoms with Crippen molar-refractivity contribution in [1.82, 2.24) is 19.9 Å². The zero-order valence-electron chi connectivity index (χ0n) is 14.9. The third kappa shape index (κ3) is 3.00. The van der Waals surface area contributed by atoms with E-state index in [9.17, 15) is 9.18 Å². The number of nitrogens with one attached hydrogen (secondary N) is 1. The molecule has 1 fully saturated rings. The second-order valence-electron chi connectivity index (χ2n) is 7.18. The van der Waals surface area contributed by atoms with Crippen molar-refractivity contribution in [3.8, 4) is 0 Å². The van der Waals surface area contributed by atoms with Crippen LogP contribution in [0, 0.1) is 19.8 Å². The van der Waals surface area contributed by atoms with Crippen LogP contribution in [0.1, 0.15) is 59.9 Å². The molecular formula is C20H21FN4O. The molecule has 26 heavy (non-hydrogen) atoms. The molecule has 3 heterocycles. The fraction of sp³-hybridized carbons (Fsp3) is 0.400. The van der Waals surface area contributed by atoms with Crippen molar-refractivity contribution in [2.24, 2.45) is 0 Å². The maximum absolute atomic E-state index is 14.1. The Morgan fingerprint density at radius 2 is 1.85 bits per heavy atom. The first-order valence-electron chi connectivity index (χ1n) is 9.00. The first-order valence-corrected chi connectivity index (χ1v) is 9.00. The van der Waals surface area contributed by atoms with E-state index in [-0.39, 0.29) is 23.3 Å². The first-order chi connectivity index (χ1) is 12.5. The number of fused-ring (bicyclic) bond motifs is 1. The Kier molecular flexibility index (Phi) is 4.26. The van der Waals surface area contributed by atoms with Crippen molar-refractivity contribution in [1.29, 1.82) is 0 Å². The highest BCUT2D eigenvalue weighted by Gasteiger charge is 2.28. The van der Waals surface area contributed by atoms with Crippen molar-refractivity contribution in [2.75, 3.05) is 0 Å². The van der Waals surface area contributed by atoms with Gasteiger partial charge in [-0.15, -0.1) is 0 Å². The molecule has 0 saturated heterocycles. The van der Waals surface area contributed by atoms with E-state index in [1.54, 1.807) is 6.20 Å². The summed E-state index contributed by atoms with van der Waals surface area (Å²) in [6, 6.07) is 3.72. The molecule has 3 aromatic rings. The third-order valence-electron chi connectivity index (χ3n) is 5.44. The van der Waals surface area contributed by atoms with Gasteiger partial charge in [0.05, 0.1) is 5.69 Å². The van der Waals surface area contributed by atoms with Gasteiger partial charge in [0.2, 0.25) is 5.95 Å². The first kappa shape index (κ1) is 16.8. The summed E-state index contributed by atoms with van der Waals surface area (Å²) < 4.78 is 14.1. The summed E-state index contributed by atoms with van der Waals surface area (Å²) in [7, 11) is 0. The molecule has 134 valence electrons. The number of pyridine rings is 2. The Hall–Kier alpha value is -2.63. The molecule has 0 spiro atoms. The van der Waals surface area contributed by atoms with Crippen LogP contribution in [0.3, 0.4) is 0 Å². The molecule has 0 bridgehead atoms. The van der Waals surface area contributed by atoms with E-state index in [0.29, 0.717) is 11.2 Å². The van der Waals surface area contributed by atoms with Crippen molar-refractivity contribution >= 4 is 11.2 Å². The van der Waals surface area contributed by atoms with E-state index in [0.717, 1.165) is 48.1 Å². The van der Waals surface area contributed by atoms with Gasteiger partial charge in [-0.05, 0) is 69.1 Å². The van der Waals surface area contributed by atoms with E-state index in [4.69, 9.17) is 0 Å². The summed E-state index contributed by atoms with van der Waals surface area (Å²) in [5.41, 5.74) is 4.37. The average molecular weight is 352 g/mol. The molecule has 4 rings (SSSR count). The maximum atomic E-state index is 14.1. The van der Waals surface area contributed by atoms with Crippen LogP contribution in [0.15, 0.2) is 29.3 Å². The topological polar surface area (TPSA) is 71.5 Å². The largest absolute Gasteiger partial charge is 0.305 e. The number of nitrogens with zero attached hydrogens (tertiary/aromatic N) is 3. The number of halogens is 1. The Balaban J connectivity index is 1.58. The van der Waals surface area contributed by atoms with Crippen molar-refractivity contribution < 1.29 is 4.39 Å². The second-order valence-corrected chi connectivity index (χ2v) is 7.18. The fourth-order valence-electron chi connectivity index (χ4n) is 4.10. The Morgan fingerprint density at radius 1 is 1.12 bits per heavy atom. The molecule has 0 amide bonds. The lowest BCUT2D eigenvalue weighted by molar-refractivity contribution is 0.381. The van der Waals surface area contributed by atoms with E-state index < -0.39 is 0 Å². The van der Waals surface area contributed by atoms with Gasteiger partial charge >= 0.3 is 0 Å². The highest BCUT2D eigenvalue weighted by molar-refractivity contribution is 5.70. The standard InChI is InChI=1S/C20H21FN4O/c1-11-7-8-22-18(21)17(11)14-5-3-13(4-6-14)15-9-16-19(25-20(15)26)24-12(2)10-23-16/h7-10,13-14H,3-6H2,1-2H3,(H,24,25,26). The summed E-state index contributed by atoms with van der Waals surface area (Å²) >= 11 is 0. The lowest BCUT2D eigenvalue weighted by Crippen LogP contribution is -2.21. The highest BCUT2D eigenvalue weighted by atomic mass is 19.1. The van der Waals surface area contributed by atoms with Gasteiger partial charge in [0, 0.05) is 23.5 Å². The maximum Gasteiger partial charge on any atom is 0.253 e. The van der Waals surface area contributed by atoms with Crippen LogP contribution >= 0.6 is 0 Å². The fourth-order valence-corrected chi connectivity index (χ4v) is 4.10. The minimum Gasteiger partial charge on any atom is -0.305 e. The molecule has 0 radical (unpaired) electrons. The van der Waals surface area contributed by atoms with Crippen molar-refractivity contribution in [3.05, 3.63) is 63.2 Å². The number of rotatable bonds is 2.